The first-order chi connectivity index (χ1) is 5.61. The first-order valence-electron chi connectivity index (χ1n) is 3.23. The SMILES string of the molecule is O.O.O=S1(=O)N=C([O-])c2ccccc21.[Na+]. The van der Waals surface area contributed by atoms with E-state index in [1.54, 1.807) is 12.1 Å². The van der Waals surface area contributed by atoms with Gasteiger partial charge in [0.1, 0.15) is 0 Å². The van der Waals surface area contributed by atoms with Crippen LogP contribution in [0, 0.1) is 0 Å². The largest absolute Gasteiger partial charge is 1.00 e. The molecule has 8 heteroatoms. The van der Waals surface area contributed by atoms with Crippen LogP contribution in [-0.4, -0.2) is 25.3 Å². The summed E-state index contributed by atoms with van der Waals surface area (Å²) in [5.74, 6) is -0.675. The summed E-state index contributed by atoms with van der Waals surface area (Å²) in [5, 5.41) is 10.9. The third-order valence-electron chi connectivity index (χ3n) is 1.60. The van der Waals surface area contributed by atoms with E-state index in [2.05, 4.69) is 4.40 Å². The Morgan fingerprint density at radius 3 is 2.20 bits per heavy atom. The fourth-order valence-corrected chi connectivity index (χ4v) is 2.17. The molecule has 6 nitrogen and oxygen atoms in total. The van der Waals surface area contributed by atoms with Gasteiger partial charge in [0.05, 0.1) is 4.90 Å². The number of hydrogen-bond acceptors (Lipinski definition) is 3. The second-order valence-electron chi connectivity index (χ2n) is 2.37. The minimum absolute atomic E-state index is 0. The molecule has 0 atom stereocenters. The average molecular weight is 241 g/mol. The maximum absolute atomic E-state index is 11.1. The Kier molecular flexibility index (Phi) is 6.33. The predicted molar refractivity (Wildman–Crippen MR) is 47.4 cm³/mol. The van der Waals surface area contributed by atoms with Crippen molar-refractivity contribution in [3.63, 3.8) is 0 Å². The van der Waals surface area contributed by atoms with Crippen LogP contribution >= 0.6 is 0 Å². The molecule has 0 amide bonds. The van der Waals surface area contributed by atoms with E-state index < -0.39 is 15.9 Å². The zero-order valence-corrected chi connectivity index (χ0v) is 10.7. The third-order valence-corrected chi connectivity index (χ3v) is 2.92. The molecule has 0 saturated heterocycles. The molecule has 0 aromatic heterocycles. The Morgan fingerprint density at radius 1 is 1.13 bits per heavy atom. The number of benzene rings is 1. The zero-order valence-electron chi connectivity index (χ0n) is 7.89. The quantitative estimate of drug-likeness (QED) is 0.420. The summed E-state index contributed by atoms with van der Waals surface area (Å²) < 4.78 is 25.2. The first kappa shape index (κ1) is 17.0. The van der Waals surface area contributed by atoms with Crippen LogP contribution in [0.25, 0.3) is 0 Å². The normalized spacial score (nSPS) is 14.8. The van der Waals surface area contributed by atoms with E-state index in [0.29, 0.717) is 0 Å². The van der Waals surface area contributed by atoms with Crippen molar-refractivity contribution in [1.82, 2.24) is 0 Å². The van der Waals surface area contributed by atoms with E-state index in [4.69, 9.17) is 0 Å². The molecule has 0 bridgehead atoms. The van der Waals surface area contributed by atoms with E-state index in [-0.39, 0.29) is 51.0 Å². The Balaban J connectivity index is 0. The van der Waals surface area contributed by atoms with Crippen molar-refractivity contribution in [3.8, 4) is 0 Å². The number of hydrogen-bond donors (Lipinski definition) is 0. The van der Waals surface area contributed by atoms with Gasteiger partial charge in [0.25, 0.3) is 10.0 Å². The van der Waals surface area contributed by atoms with Crippen molar-refractivity contribution >= 4 is 15.9 Å². The summed E-state index contributed by atoms with van der Waals surface area (Å²) in [6.45, 7) is 0. The molecule has 1 aromatic rings. The van der Waals surface area contributed by atoms with Crippen LogP contribution in [0.1, 0.15) is 5.56 Å². The minimum Gasteiger partial charge on any atom is -0.858 e. The van der Waals surface area contributed by atoms with Gasteiger partial charge < -0.3 is 16.1 Å². The monoisotopic (exact) mass is 241 g/mol. The van der Waals surface area contributed by atoms with Crippen LogP contribution in [0.5, 0.6) is 0 Å². The summed E-state index contributed by atoms with van der Waals surface area (Å²) in [6.07, 6.45) is 0. The molecule has 0 aliphatic carbocycles. The molecule has 0 unspecified atom stereocenters. The van der Waals surface area contributed by atoms with Crippen LogP contribution in [0.2, 0.25) is 0 Å². The first-order valence-corrected chi connectivity index (χ1v) is 4.67. The summed E-state index contributed by atoms with van der Waals surface area (Å²) in [6, 6.07) is 5.99. The van der Waals surface area contributed by atoms with Crippen LogP contribution in [0.15, 0.2) is 33.6 Å². The van der Waals surface area contributed by atoms with Crippen molar-refractivity contribution < 1.29 is 54.0 Å². The molecule has 2 rings (SSSR count). The van der Waals surface area contributed by atoms with Crippen LogP contribution < -0.4 is 34.7 Å². The molecule has 1 aliphatic heterocycles. The minimum atomic E-state index is -3.68. The Bertz CT molecular complexity index is 470. The third kappa shape index (κ3) is 2.77. The standard InChI is InChI=1S/C7H5NO3S.Na.2H2O/c9-7-5-3-1-2-4-6(5)12(10,11)8-7;;;/h1-4H,(H,8,9);;2*1H2/q;+1;;/p-1. The molecular weight excluding hydrogens is 233 g/mol. The number of nitrogens with zero attached hydrogens (tertiary/aromatic N) is 1. The van der Waals surface area contributed by atoms with Crippen molar-refractivity contribution in [3.05, 3.63) is 29.8 Å². The maximum atomic E-state index is 11.1. The van der Waals surface area contributed by atoms with Gasteiger partial charge in [-0.25, -0.2) is 0 Å². The fourth-order valence-electron chi connectivity index (χ4n) is 1.08. The van der Waals surface area contributed by atoms with Gasteiger partial charge in [-0.3, -0.25) is 0 Å². The summed E-state index contributed by atoms with van der Waals surface area (Å²) in [7, 11) is -3.68. The second kappa shape index (κ2) is 5.59. The summed E-state index contributed by atoms with van der Waals surface area (Å²) >= 11 is 0. The zero-order chi connectivity index (χ0) is 8.77. The molecular formula is C7H8NNaO5S. The van der Waals surface area contributed by atoms with Gasteiger partial charge in [0, 0.05) is 11.5 Å². The molecule has 1 heterocycles. The van der Waals surface area contributed by atoms with Gasteiger partial charge in [-0.15, -0.1) is 0 Å². The summed E-state index contributed by atoms with van der Waals surface area (Å²) in [5.41, 5.74) is 0.164. The number of sulfonamides is 1. The smallest absolute Gasteiger partial charge is 0.858 e. The molecule has 0 saturated carbocycles. The molecule has 1 aromatic carbocycles. The Hall–Kier alpha value is -0.440. The Morgan fingerprint density at radius 2 is 1.67 bits per heavy atom. The molecule has 0 spiro atoms. The molecule has 0 fully saturated rings. The van der Waals surface area contributed by atoms with Crippen molar-refractivity contribution in [2.24, 2.45) is 4.40 Å². The topological polar surface area (TPSA) is 133 Å². The fraction of sp³-hybridized carbons (Fsp3) is 0. The van der Waals surface area contributed by atoms with Gasteiger partial charge >= 0.3 is 29.6 Å². The molecule has 4 N–H and O–H groups in total. The van der Waals surface area contributed by atoms with E-state index in [0.717, 1.165) is 0 Å². The van der Waals surface area contributed by atoms with E-state index >= 15 is 0 Å². The van der Waals surface area contributed by atoms with E-state index in [9.17, 15) is 13.5 Å². The average Bonchev–Trinajstić information content (AvgIpc) is 2.25. The molecule has 78 valence electrons. The number of rotatable bonds is 0. The number of fused-ring (bicyclic) bond motifs is 1. The van der Waals surface area contributed by atoms with Crippen molar-refractivity contribution in [2.45, 2.75) is 4.90 Å². The van der Waals surface area contributed by atoms with Gasteiger partial charge in [0.15, 0.2) is 0 Å². The van der Waals surface area contributed by atoms with E-state index in [1.165, 1.54) is 12.1 Å². The van der Waals surface area contributed by atoms with Gasteiger partial charge in [-0.05, 0) is 6.07 Å². The predicted octanol–water partition coefficient (Wildman–Crippen LogP) is -5.15. The molecule has 1 aliphatic rings. The van der Waals surface area contributed by atoms with Crippen LogP contribution in [-0.2, 0) is 10.0 Å². The van der Waals surface area contributed by atoms with Crippen molar-refractivity contribution in [1.29, 1.82) is 0 Å². The van der Waals surface area contributed by atoms with Gasteiger partial charge in [0.2, 0.25) is 0 Å². The second-order valence-corrected chi connectivity index (χ2v) is 3.94. The molecule has 15 heavy (non-hydrogen) atoms. The van der Waals surface area contributed by atoms with Gasteiger partial charge in [-0.1, -0.05) is 18.2 Å². The van der Waals surface area contributed by atoms with Crippen LogP contribution in [0.4, 0.5) is 0 Å². The van der Waals surface area contributed by atoms with Gasteiger partial charge in [-0.2, -0.15) is 12.8 Å². The summed E-state index contributed by atoms with van der Waals surface area (Å²) in [4.78, 5) is 0.00926. The van der Waals surface area contributed by atoms with Crippen LogP contribution in [0.3, 0.4) is 0 Å². The Labute approximate surface area is 109 Å². The molecule has 0 radical (unpaired) electrons. The van der Waals surface area contributed by atoms with Crippen molar-refractivity contribution in [2.75, 3.05) is 0 Å². The van der Waals surface area contributed by atoms with E-state index in [1.807, 2.05) is 0 Å². The maximum Gasteiger partial charge on any atom is 1.00 e.